The van der Waals surface area contributed by atoms with E-state index in [0.29, 0.717) is 17.7 Å². The van der Waals surface area contributed by atoms with Gasteiger partial charge >= 0.3 is 0 Å². The minimum atomic E-state index is -0.162. The third kappa shape index (κ3) is 5.01. The third-order valence-corrected chi connectivity index (χ3v) is 4.71. The summed E-state index contributed by atoms with van der Waals surface area (Å²) in [5.74, 6) is -0.315. The molecule has 1 aliphatic carbocycles. The molecule has 0 aliphatic heterocycles. The number of nitrogens with two attached hydrogens (primary N) is 1. The molecule has 1 aliphatic rings. The number of hydrogen-bond acceptors (Lipinski definition) is 3. The van der Waals surface area contributed by atoms with Gasteiger partial charge in [-0.05, 0) is 67.1 Å². The van der Waals surface area contributed by atoms with E-state index in [1.165, 1.54) is 5.56 Å². The molecule has 0 heterocycles. The molecule has 3 rings (SSSR count). The lowest BCUT2D eigenvalue weighted by Crippen LogP contribution is -2.31. The summed E-state index contributed by atoms with van der Waals surface area (Å²) < 4.78 is 0. The Balaban J connectivity index is 0.00000261. The van der Waals surface area contributed by atoms with Crippen LogP contribution in [0.5, 0.6) is 0 Å². The van der Waals surface area contributed by atoms with Gasteiger partial charge in [-0.25, -0.2) is 0 Å². The number of carbonyl (C=O) groups is 2. The van der Waals surface area contributed by atoms with Crippen molar-refractivity contribution in [3.05, 3.63) is 64.7 Å². The summed E-state index contributed by atoms with van der Waals surface area (Å²) >= 11 is 0. The van der Waals surface area contributed by atoms with Crippen LogP contribution in [0.4, 0.5) is 5.69 Å². The van der Waals surface area contributed by atoms with Crippen molar-refractivity contribution in [2.75, 3.05) is 12.3 Å². The number of anilines is 1. The molecule has 1 unspecified atom stereocenters. The quantitative estimate of drug-likeness (QED) is 0.685. The maximum Gasteiger partial charge on any atom is 0.251 e. The highest BCUT2D eigenvalue weighted by Crippen LogP contribution is 2.31. The van der Waals surface area contributed by atoms with Gasteiger partial charge in [0, 0.05) is 23.4 Å². The second-order valence-corrected chi connectivity index (χ2v) is 6.71. The maximum absolute atomic E-state index is 12.7. The van der Waals surface area contributed by atoms with E-state index in [0.717, 1.165) is 36.9 Å². The summed E-state index contributed by atoms with van der Waals surface area (Å²) in [5.41, 5.74) is 9.96. The Morgan fingerprint density at radius 1 is 1.11 bits per heavy atom. The largest absolute Gasteiger partial charge is 0.399 e. The molecule has 2 aromatic carbocycles. The molecule has 0 aromatic heterocycles. The predicted octanol–water partition coefficient (Wildman–Crippen LogP) is 3.64. The molecule has 5 nitrogen and oxygen atoms in total. The third-order valence-electron chi connectivity index (χ3n) is 4.71. The van der Waals surface area contributed by atoms with Gasteiger partial charge in [-0.3, -0.25) is 9.59 Å². The summed E-state index contributed by atoms with van der Waals surface area (Å²) in [4.78, 5) is 24.8. The lowest BCUT2D eigenvalue weighted by Gasteiger charge is -2.26. The Labute approximate surface area is 166 Å². The molecule has 0 saturated heterocycles. The first-order chi connectivity index (χ1) is 12.6. The van der Waals surface area contributed by atoms with E-state index in [4.69, 9.17) is 5.73 Å². The normalized spacial score (nSPS) is 15.2. The van der Waals surface area contributed by atoms with Crippen molar-refractivity contribution >= 4 is 29.9 Å². The van der Waals surface area contributed by atoms with Crippen molar-refractivity contribution in [1.29, 1.82) is 0 Å². The summed E-state index contributed by atoms with van der Waals surface area (Å²) in [5, 5.41) is 5.94. The summed E-state index contributed by atoms with van der Waals surface area (Å²) in [6.45, 7) is 2.62. The highest BCUT2D eigenvalue weighted by atomic mass is 35.5. The first kappa shape index (κ1) is 20.8. The Bertz CT molecular complexity index is 823. The lowest BCUT2D eigenvalue weighted by atomic mass is 9.87. The highest BCUT2D eigenvalue weighted by Gasteiger charge is 2.22. The van der Waals surface area contributed by atoms with Crippen LogP contribution in [0, 0.1) is 0 Å². The van der Waals surface area contributed by atoms with E-state index in [-0.39, 0.29) is 30.3 Å². The molecule has 0 radical (unpaired) electrons. The molecule has 6 heteroatoms. The van der Waals surface area contributed by atoms with Crippen LogP contribution in [-0.4, -0.2) is 18.4 Å². The molecule has 2 aromatic rings. The zero-order valence-electron chi connectivity index (χ0n) is 15.5. The van der Waals surface area contributed by atoms with Crippen molar-refractivity contribution in [2.24, 2.45) is 0 Å². The fraction of sp³-hybridized carbons (Fsp3) is 0.333. The van der Waals surface area contributed by atoms with Crippen molar-refractivity contribution < 1.29 is 9.59 Å². The van der Waals surface area contributed by atoms with Crippen molar-refractivity contribution in [1.82, 2.24) is 10.6 Å². The number of nitrogen functional groups attached to an aromatic ring is 1. The number of nitrogens with one attached hydrogen (secondary N) is 2. The summed E-state index contributed by atoms with van der Waals surface area (Å²) in [7, 11) is 0. The molecule has 0 saturated carbocycles. The highest BCUT2D eigenvalue weighted by molar-refractivity contribution is 5.99. The van der Waals surface area contributed by atoms with Crippen molar-refractivity contribution in [2.45, 2.75) is 38.6 Å². The van der Waals surface area contributed by atoms with Gasteiger partial charge in [0.1, 0.15) is 0 Å². The van der Waals surface area contributed by atoms with Crippen molar-refractivity contribution in [3.8, 4) is 0 Å². The summed E-state index contributed by atoms with van der Waals surface area (Å²) in [6, 6.07) is 12.7. The van der Waals surface area contributed by atoms with Gasteiger partial charge in [0.25, 0.3) is 11.8 Å². The summed E-state index contributed by atoms with van der Waals surface area (Å²) in [6.07, 6.45) is 3.78. The second kappa shape index (κ2) is 9.42. The van der Waals surface area contributed by atoms with Crippen LogP contribution in [0.2, 0.25) is 0 Å². The standard InChI is InChI=1S/C21H25N3O2.ClH/c1-2-11-23-20(25)15-6-3-7-16(12-15)21(26)24-19-8-4-5-14-13-17(22)9-10-18(14)19;/h3,6-7,9-10,12-13,19H,2,4-5,8,11,22H2,1H3,(H,23,25)(H,24,26);1H. The number of benzene rings is 2. The van der Waals surface area contributed by atoms with E-state index in [2.05, 4.69) is 10.6 Å². The Morgan fingerprint density at radius 3 is 2.59 bits per heavy atom. The minimum absolute atomic E-state index is 0. The number of aryl methyl sites for hydroxylation is 1. The van der Waals surface area contributed by atoms with Gasteiger partial charge in [0.15, 0.2) is 0 Å². The smallest absolute Gasteiger partial charge is 0.251 e. The van der Waals surface area contributed by atoms with Gasteiger partial charge in [0.2, 0.25) is 0 Å². The molecule has 144 valence electrons. The van der Waals surface area contributed by atoms with Crippen molar-refractivity contribution in [3.63, 3.8) is 0 Å². The average molecular weight is 388 g/mol. The van der Waals surface area contributed by atoms with Gasteiger partial charge < -0.3 is 16.4 Å². The molecule has 1 atom stereocenters. The van der Waals surface area contributed by atoms with Crippen LogP contribution in [0.1, 0.15) is 64.1 Å². The van der Waals surface area contributed by atoms with Crippen LogP contribution in [0.25, 0.3) is 0 Å². The minimum Gasteiger partial charge on any atom is -0.399 e. The van der Waals surface area contributed by atoms with Crippen LogP contribution in [0.15, 0.2) is 42.5 Å². The topological polar surface area (TPSA) is 84.2 Å². The fourth-order valence-electron chi connectivity index (χ4n) is 3.37. The Morgan fingerprint density at radius 2 is 1.85 bits per heavy atom. The van der Waals surface area contributed by atoms with Gasteiger partial charge in [0.05, 0.1) is 6.04 Å². The number of halogens is 1. The zero-order valence-corrected chi connectivity index (χ0v) is 16.3. The number of rotatable bonds is 5. The zero-order chi connectivity index (χ0) is 18.5. The molecule has 2 amide bonds. The molecular formula is C21H26ClN3O2. The molecule has 0 spiro atoms. The SMILES string of the molecule is CCCNC(=O)c1cccc(C(=O)NC2CCCc3cc(N)ccc32)c1.Cl. The second-order valence-electron chi connectivity index (χ2n) is 6.71. The van der Waals surface area contributed by atoms with E-state index < -0.39 is 0 Å². The Kier molecular flexibility index (Phi) is 7.25. The number of carbonyl (C=O) groups excluding carboxylic acids is 2. The van der Waals surface area contributed by atoms with Crippen LogP contribution in [0.3, 0.4) is 0 Å². The Hall–Kier alpha value is -2.53. The van der Waals surface area contributed by atoms with E-state index >= 15 is 0 Å². The average Bonchev–Trinajstić information content (AvgIpc) is 2.66. The predicted molar refractivity (Wildman–Crippen MR) is 110 cm³/mol. The van der Waals surface area contributed by atoms with E-state index in [1.54, 1.807) is 24.3 Å². The van der Waals surface area contributed by atoms with Gasteiger partial charge in [-0.15, -0.1) is 12.4 Å². The maximum atomic E-state index is 12.7. The molecular weight excluding hydrogens is 362 g/mol. The van der Waals surface area contributed by atoms with Crippen LogP contribution in [-0.2, 0) is 6.42 Å². The molecule has 0 fully saturated rings. The monoisotopic (exact) mass is 387 g/mol. The molecule has 4 N–H and O–H groups in total. The molecule has 0 bridgehead atoms. The first-order valence-electron chi connectivity index (χ1n) is 9.16. The molecule has 27 heavy (non-hydrogen) atoms. The van der Waals surface area contributed by atoms with Gasteiger partial charge in [-0.1, -0.05) is 19.1 Å². The van der Waals surface area contributed by atoms with Crippen LogP contribution < -0.4 is 16.4 Å². The number of hydrogen-bond donors (Lipinski definition) is 3. The number of fused-ring (bicyclic) bond motifs is 1. The van der Waals surface area contributed by atoms with Crippen LogP contribution >= 0.6 is 12.4 Å². The van der Waals surface area contributed by atoms with E-state index in [9.17, 15) is 9.59 Å². The first-order valence-corrected chi connectivity index (χ1v) is 9.16. The number of amides is 2. The lowest BCUT2D eigenvalue weighted by molar-refractivity contribution is 0.0932. The fourth-order valence-corrected chi connectivity index (χ4v) is 3.37. The van der Waals surface area contributed by atoms with Gasteiger partial charge in [-0.2, -0.15) is 0 Å². The van der Waals surface area contributed by atoms with E-state index in [1.807, 2.05) is 25.1 Å².